The molecule has 0 saturated carbocycles. The third-order valence-electron chi connectivity index (χ3n) is 5.22. The van der Waals surface area contributed by atoms with E-state index in [2.05, 4.69) is 4.98 Å². The molecule has 0 spiro atoms. The van der Waals surface area contributed by atoms with E-state index < -0.39 is 0 Å². The molecule has 0 N–H and O–H groups in total. The van der Waals surface area contributed by atoms with Crippen molar-refractivity contribution in [2.75, 3.05) is 0 Å². The highest BCUT2D eigenvalue weighted by atomic mass is 35.5. The fourth-order valence-corrected chi connectivity index (χ4v) is 4.62. The van der Waals surface area contributed by atoms with Crippen molar-refractivity contribution in [3.63, 3.8) is 0 Å². The van der Waals surface area contributed by atoms with Crippen LogP contribution in [0.25, 0.3) is 38.9 Å². The Kier molecular flexibility index (Phi) is 4.12. The second-order valence-electron chi connectivity index (χ2n) is 7.15. The lowest BCUT2D eigenvalue weighted by Gasteiger charge is -2.07. The molecular formula is C23H14ClN5OS. The maximum absolute atomic E-state index is 13.5. The van der Waals surface area contributed by atoms with Gasteiger partial charge in [-0.15, -0.1) is 11.3 Å². The molecule has 4 heterocycles. The maximum Gasteiger partial charge on any atom is 0.265 e. The van der Waals surface area contributed by atoms with Gasteiger partial charge in [0.05, 0.1) is 17.6 Å². The van der Waals surface area contributed by atoms with Gasteiger partial charge in [0.1, 0.15) is 17.2 Å². The third-order valence-corrected chi connectivity index (χ3v) is 6.33. The lowest BCUT2D eigenvalue weighted by molar-refractivity contribution is 0.756. The van der Waals surface area contributed by atoms with Crippen LogP contribution in [0.4, 0.5) is 0 Å². The van der Waals surface area contributed by atoms with E-state index in [4.69, 9.17) is 21.6 Å². The van der Waals surface area contributed by atoms with Gasteiger partial charge in [-0.2, -0.15) is 0 Å². The highest BCUT2D eigenvalue weighted by molar-refractivity contribution is 7.09. The Morgan fingerprint density at radius 1 is 0.903 bits per heavy atom. The van der Waals surface area contributed by atoms with Crippen LogP contribution in [-0.4, -0.2) is 24.1 Å². The minimum atomic E-state index is -0.138. The van der Waals surface area contributed by atoms with E-state index in [0.717, 1.165) is 21.6 Å². The van der Waals surface area contributed by atoms with Crippen LogP contribution < -0.4 is 5.56 Å². The SMILES string of the molecule is O=c1c2c3nc4ccccc4nc3n(-c3ccc(Cl)cc3)c2ncn1Cc1cccs1. The molecule has 31 heavy (non-hydrogen) atoms. The van der Waals surface area contributed by atoms with E-state index in [1.54, 1.807) is 34.4 Å². The predicted octanol–water partition coefficient (Wildman–Crippen LogP) is 5.05. The number of nitrogens with zero attached hydrogens (tertiary/aromatic N) is 5. The quantitative estimate of drug-likeness (QED) is 0.384. The maximum atomic E-state index is 13.5. The molecule has 0 aliphatic heterocycles. The number of hydrogen-bond acceptors (Lipinski definition) is 5. The minimum Gasteiger partial charge on any atom is -0.293 e. The summed E-state index contributed by atoms with van der Waals surface area (Å²) in [6, 6.07) is 19.0. The Labute approximate surface area is 185 Å². The zero-order valence-electron chi connectivity index (χ0n) is 16.1. The molecule has 150 valence electrons. The molecule has 0 fully saturated rings. The van der Waals surface area contributed by atoms with Crippen LogP contribution in [0.5, 0.6) is 0 Å². The first-order valence-corrected chi connectivity index (χ1v) is 10.9. The molecule has 0 bridgehead atoms. The predicted molar refractivity (Wildman–Crippen MR) is 124 cm³/mol. The van der Waals surface area contributed by atoms with Gasteiger partial charge in [0, 0.05) is 15.6 Å². The molecule has 6 nitrogen and oxygen atoms in total. The zero-order valence-corrected chi connectivity index (χ0v) is 17.6. The molecule has 4 aromatic heterocycles. The van der Waals surface area contributed by atoms with Crippen molar-refractivity contribution in [2.24, 2.45) is 0 Å². The van der Waals surface area contributed by atoms with Crippen LogP contribution in [0, 0.1) is 0 Å². The zero-order chi connectivity index (χ0) is 20.9. The standard InChI is InChI=1S/C23H14ClN5OS/c24-14-7-9-15(10-8-14)29-21-19(20-22(29)27-18-6-2-1-5-17(18)26-20)23(30)28(13-25-21)12-16-4-3-11-31-16/h1-11,13H,12H2. The summed E-state index contributed by atoms with van der Waals surface area (Å²) in [4.78, 5) is 28.9. The second-order valence-corrected chi connectivity index (χ2v) is 8.62. The Hall–Kier alpha value is -3.55. The van der Waals surface area contributed by atoms with Crippen molar-refractivity contribution in [1.82, 2.24) is 24.1 Å². The first kappa shape index (κ1) is 18.2. The van der Waals surface area contributed by atoms with Gasteiger partial charge in [-0.25, -0.2) is 15.0 Å². The van der Waals surface area contributed by atoms with Gasteiger partial charge in [-0.05, 0) is 47.8 Å². The smallest absolute Gasteiger partial charge is 0.265 e. The molecule has 8 heteroatoms. The van der Waals surface area contributed by atoms with E-state index in [-0.39, 0.29) is 5.56 Å². The molecular weight excluding hydrogens is 430 g/mol. The van der Waals surface area contributed by atoms with Gasteiger partial charge in [-0.3, -0.25) is 13.9 Å². The van der Waals surface area contributed by atoms with E-state index in [0.29, 0.717) is 33.8 Å². The number of rotatable bonds is 3. The topological polar surface area (TPSA) is 65.6 Å². The van der Waals surface area contributed by atoms with Crippen LogP contribution in [0.2, 0.25) is 5.02 Å². The van der Waals surface area contributed by atoms with Crippen molar-refractivity contribution < 1.29 is 0 Å². The number of aromatic nitrogens is 5. The number of hydrogen-bond donors (Lipinski definition) is 0. The summed E-state index contributed by atoms with van der Waals surface area (Å²) in [7, 11) is 0. The van der Waals surface area contributed by atoms with Gasteiger partial charge < -0.3 is 0 Å². The minimum absolute atomic E-state index is 0.138. The average molecular weight is 444 g/mol. The average Bonchev–Trinajstić information content (AvgIpc) is 3.41. The molecule has 2 aromatic carbocycles. The summed E-state index contributed by atoms with van der Waals surface area (Å²) < 4.78 is 3.49. The Morgan fingerprint density at radius 2 is 1.68 bits per heavy atom. The molecule has 0 saturated heterocycles. The molecule has 0 amide bonds. The van der Waals surface area contributed by atoms with Crippen molar-refractivity contribution in [1.29, 1.82) is 0 Å². The van der Waals surface area contributed by atoms with Crippen LogP contribution in [-0.2, 0) is 6.54 Å². The summed E-state index contributed by atoms with van der Waals surface area (Å²) >= 11 is 7.70. The molecule has 0 aliphatic carbocycles. The van der Waals surface area contributed by atoms with Crippen LogP contribution in [0.3, 0.4) is 0 Å². The molecule has 0 aliphatic rings. The fraction of sp³-hybridized carbons (Fsp3) is 0.0435. The van der Waals surface area contributed by atoms with Crippen LogP contribution in [0.1, 0.15) is 4.88 Å². The summed E-state index contributed by atoms with van der Waals surface area (Å²) in [6.45, 7) is 0.466. The first-order valence-electron chi connectivity index (χ1n) is 9.64. The largest absolute Gasteiger partial charge is 0.293 e. The Balaban J connectivity index is 1.72. The lowest BCUT2D eigenvalue weighted by atomic mass is 10.3. The molecule has 0 radical (unpaired) electrons. The molecule has 6 rings (SSSR count). The van der Waals surface area contributed by atoms with Gasteiger partial charge in [0.15, 0.2) is 11.3 Å². The highest BCUT2D eigenvalue weighted by Gasteiger charge is 2.21. The first-order chi connectivity index (χ1) is 15.2. The Morgan fingerprint density at radius 3 is 2.42 bits per heavy atom. The van der Waals surface area contributed by atoms with E-state index in [1.807, 2.05) is 58.5 Å². The van der Waals surface area contributed by atoms with Crippen LogP contribution in [0.15, 0.2) is 77.2 Å². The lowest BCUT2D eigenvalue weighted by Crippen LogP contribution is -2.21. The molecule has 0 unspecified atom stereocenters. The number of para-hydroxylation sites is 2. The number of benzene rings is 2. The summed E-state index contributed by atoms with van der Waals surface area (Å²) in [6.07, 6.45) is 1.59. The molecule has 0 atom stereocenters. The number of halogens is 1. The Bertz CT molecular complexity index is 1640. The van der Waals surface area contributed by atoms with Gasteiger partial charge in [0.2, 0.25) is 0 Å². The van der Waals surface area contributed by atoms with Crippen molar-refractivity contribution in [2.45, 2.75) is 6.54 Å². The molecule has 6 aromatic rings. The van der Waals surface area contributed by atoms with Gasteiger partial charge in [0.25, 0.3) is 5.56 Å². The van der Waals surface area contributed by atoms with Crippen molar-refractivity contribution in [3.8, 4) is 5.69 Å². The second kappa shape index (κ2) is 7.01. The number of fused-ring (bicyclic) bond motifs is 4. The van der Waals surface area contributed by atoms with E-state index in [1.165, 1.54) is 0 Å². The number of thiophene rings is 1. The fourth-order valence-electron chi connectivity index (χ4n) is 3.79. The van der Waals surface area contributed by atoms with E-state index in [9.17, 15) is 4.79 Å². The highest BCUT2D eigenvalue weighted by Crippen LogP contribution is 2.28. The van der Waals surface area contributed by atoms with Crippen molar-refractivity contribution >= 4 is 56.2 Å². The van der Waals surface area contributed by atoms with Gasteiger partial charge >= 0.3 is 0 Å². The summed E-state index contributed by atoms with van der Waals surface area (Å²) in [5, 5.41) is 3.09. The van der Waals surface area contributed by atoms with Crippen molar-refractivity contribution in [3.05, 3.63) is 92.6 Å². The third kappa shape index (κ3) is 2.93. The summed E-state index contributed by atoms with van der Waals surface area (Å²) in [5.41, 5.74) is 3.83. The van der Waals surface area contributed by atoms with Crippen LogP contribution >= 0.6 is 22.9 Å². The monoisotopic (exact) mass is 443 g/mol. The summed E-state index contributed by atoms with van der Waals surface area (Å²) in [5.74, 6) is 0. The van der Waals surface area contributed by atoms with E-state index >= 15 is 0 Å². The van der Waals surface area contributed by atoms with Gasteiger partial charge in [-0.1, -0.05) is 29.8 Å². The normalized spacial score (nSPS) is 11.6.